The van der Waals surface area contributed by atoms with Crippen molar-refractivity contribution in [1.82, 2.24) is 15.6 Å². The second kappa shape index (κ2) is 10.6. The van der Waals surface area contributed by atoms with Crippen molar-refractivity contribution in [2.24, 2.45) is 4.99 Å². The molecule has 0 radical (unpaired) electrons. The lowest BCUT2D eigenvalue weighted by Gasteiger charge is -2.16. The zero-order chi connectivity index (χ0) is 17.4. The number of aromatic nitrogens is 1. The van der Waals surface area contributed by atoms with E-state index < -0.39 is 12.8 Å². The molecule has 10 heteroatoms. The van der Waals surface area contributed by atoms with Crippen molar-refractivity contribution in [1.29, 1.82) is 0 Å². The van der Waals surface area contributed by atoms with Gasteiger partial charge in [-0.25, -0.2) is 4.98 Å². The molecule has 0 spiro atoms. The molecule has 1 atom stereocenters. The maximum Gasteiger partial charge on any atom is 0.422 e. The summed E-state index contributed by atoms with van der Waals surface area (Å²) in [5.74, 6) is 0.494. The predicted molar refractivity (Wildman–Crippen MR) is 98.4 cm³/mol. The molecule has 0 aliphatic carbocycles. The molecule has 0 bridgehead atoms. The monoisotopic (exact) mass is 474 g/mol. The van der Waals surface area contributed by atoms with Crippen LogP contribution in [0.15, 0.2) is 23.3 Å². The smallest absolute Gasteiger partial charge is 0.422 e. The van der Waals surface area contributed by atoms with Crippen molar-refractivity contribution in [3.8, 4) is 5.88 Å². The van der Waals surface area contributed by atoms with E-state index in [0.717, 1.165) is 19.4 Å². The Balaban J connectivity index is 0.00000312. The molecule has 0 amide bonds. The number of hydrogen-bond acceptors (Lipinski definition) is 4. The standard InChI is InChI=1S/C15H21F3N4O2.HI/c1-19-14(22-9-12-5-3-7-23-12)21-8-11-4-2-6-20-13(11)24-10-15(16,17)18;/h2,4,6,12H,3,5,7-10H2,1H3,(H2,19,21,22);1H. The Labute approximate surface area is 161 Å². The average molecular weight is 474 g/mol. The maximum absolute atomic E-state index is 12.3. The first-order valence-electron chi connectivity index (χ1n) is 7.67. The summed E-state index contributed by atoms with van der Waals surface area (Å²) in [6.45, 7) is 0.271. The van der Waals surface area contributed by atoms with Gasteiger partial charge in [-0.2, -0.15) is 13.2 Å². The van der Waals surface area contributed by atoms with Crippen LogP contribution >= 0.6 is 24.0 Å². The molecular weight excluding hydrogens is 452 g/mol. The maximum atomic E-state index is 12.3. The van der Waals surface area contributed by atoms with E-state index in [1.54, 1.807) is 19.2 Å². The Morgan fingerprint density at radius 2 is 2.24 bits per heavy atom. The summed E-state index contributed by atoms with van der Waals surface area (Å²) >= 11 is 0. The first kappa shape index (κ1) is 21.7. The zero-order valence-corrected chi connectivity index (χ0v) is 16.1. The van der Waals surface area contributed by atoms with Crippen molar-refractivity contribution >= 4 is 29.9 Å². The van der Waals surface area contributed by atoms with Gasteiger partial charge in [-0.3, -0.25) is 4.99 Å². The molecule has 1 aromatic rings. The van der Waals surface area contributed by atoms with Crippen LogP contribution in [0.3, 0.4) is 0 Å². The number of pyridine rings is 1. The lowest BCUT2D eigenvalue weighted by molar-refractivity contribution is -0.154. The molecule has 6 nitrogen and oxygen atoms in total. The summed E-state index contributed by atoms with van der Waals surface area (Å²) in [5.41, 5.74) is 0.516. The Kier molecular flexibility index (Phi) is 9.25. The molecular formula is C15H22F3IN4O2. The zero-order valence-electron chi connectivity index (χ0n) is 13.8. The third-order valence-corrected chi connectivity index (χ3v) is 3.41. The molecule has 25 heavy (non-hydrogen) atoms. The van der Waals surface area contributed by atoms with Gasteiger partial charge in [0.05, 0.1) is 6.10 Å². The fourth-order valence-electron chi connectivity index (χ4n) is 2.25. The highest BCUT2D eigenvalue weighted by atomic mass is 127. The third-order valence-electron chi connectivity index (χ3n) is 3.41. The van der Waals surface area contributed by atoms with Crippen LogP contribution in [0.25, 0.3) is 0 Å². The third kappa shape index (κ3) is 8.08. The summed E-state index contributed by atoms with van der Waals surface area (Å²) in [4.78, 5) is 7.93. The van der Waals surface area contributed by atoms with Crippen LogP contribution in [0.5, 0.6) is 5.88 Å². The van der Waals surface area contributed by atoms with E-state index in [0.29, 0.717) is 18.1 Å². The van der Waals surface area contributed by atoms with E-state index >= 15 is 0 Å². The second-order valence-electron chi connectivity index (χ2n) is 5.31. The normalized spacial score (nSPS) is 17.8. The minimum absolute atomic E-state index is 0. The highest BCUT2D eigenvalue weighted by Crippen LogP contribution is 2.19. The number of alkyl halides is 3. The number of aliphatic imine (C=N–C) groups is 1. The summed E-state index contributed by atoms with van der Waals surface area (Å²) in [6.07, 6.45) is -0.802. The van der Waals surface area contributed by atoms with Gasteiger partial charge in [0, 0.05) is 38.5 Å². The first-order valence-corrected chi connectivity index (χ1v) is 7.67. The predicted octanol–water partition coefficient (Wildman–Crippen LogP) is 2.48. The van der Waals surface area contributed by atoms with Gasteiger partial charge in [0.15, 0.2) is 12.6 Å². The lowest BCUT2D eigenvalue weighted by atomic mass is 10.2. The van der Waals surface area contributed by atoms with Crippen molar-refractivity contribution < 1.29 is 22.6 Å². The van der Waals surface area contributed by atoms with Gasteiger partial charge in [0.1, 0.15) is 0 Å². The summed E-state index contributed by atoms with van der Waals surface area (Å²) in [5, 5.41) is 6.16. The van der Waals surface area contributed by atoms with Crippen LogP contribution in [0, 0.1) is 0 Å². The van der Waals surface area contributed by atoms with Gasteiger partial charge in [-0.15, -0.1) is 24.0 Å². The largest absolute Gasteiger partial charge is 0.468 e. The molecule has 1 fully saturated rings. The Morgan fingerprint density at radius 3 is 2.88 bits per heavy atom. The summed E-state index contributed by atoms with van der Waals surface area (Å²) in [7, 11) is 1.62. The Hall–Kier alpha value is -1.30. The van der Waals surface area contributed by atoms with Gasteiger partial charge in [0.2, 0.25) is 5.88 Å². The first-order chi connectivity index (χ1) is 11.5. The summed E-state index contributed by atoms with van der Waals surface area (Å²) in [6, 6.07) is 3.29. The van der Waals surface area contributed by atoms with Crippen molar-refractivity contribution in [3.63, 3.8) is 0 Å². The van der Waals surface area contributed by atoms with Gasteiger partial charge in [0.25, 0.3) is 0 Å². The van der Waals surface area contributed by atoms with Crippen LogP contribution < -0.4 is 15.4 Å². The molecule has 1 aromatic heterocycles. The summed E-state index contributed by atoms with van der Waals surface area (Å²) < 4.78 is 47.1. The van der Waals surface area contributed by atoms with E-state index in [2.05, 4.69) is 20.6 Å². The minimum Gasteiger partial charge on any atom is -0.468 e. The Morgan fingerprint density at radius 1 is 1.44 bits per heavy atom. The fourth-order valence-corrected chi connectivity index (χ4v) is 2.25. The van der Waals surface area contributed by atoms with E-state index in [4.69, 9.17) is 9.47 Å². The second-order valence-corrected chi connectivity index (χ2v) is 5.31. The quantitative estimate of drug-likeness (QED) is 0.377. The van der Waals surface area contributed by atoms with Crippen LogP contribution in [0.1, 0.15) is 18.4 Å². The van der Waals surface area contributed by atoms with E-state index in [-0.39, 0.29) is 42.5 Å². The number of ether oxygens (including phenoxy) is 2. The highest BCUT2D eigenvalue weighted by Gasteiger charge is 2.29. The molecule has 1 aliphatic heterocycles. The molecule has 1 unspecified atom stereocenters. The number of hydrogen-bond donors (Lipinski definition) is 2. The van der Waals surface area contributed by atoms with Crippen LogP contribution in [-0.2, 0) is 11.3 Å². The van der Waals surface area contributed by atoms with E-state index in [1.165, 1.54) is 6.20 Å². The number of nitrogens with zero attached hydrogens (tertiary/aromatic N) is 2. The molecule has 142 valence electrons. The number of halogens is 4. The molecule has 0 aromatic carbocycles. The number of nitrogens with one attached hydrogen (secondary N) is 2. The van der Waals surface area contributed by atoms with Gasteiger partial charge in [-0.1, -0.05) is 6.07 Å². The minimum atomic E-state index is -4.40. The Bertz CT molecular complexity index is 552. The number of guanidine groups is 1. The van der Waals surface area contributed by atoms with Crippen molar-refractivity contribution in [2.75, 3.05) is 26.8 Å². The van der Waals surface area contributed by atoms with E-state index in [9.17, 15) is 13.2 Å². The fraction of sp³-hybridized carbons (Fsp3) is 0.600. The molecule has 2 heterocycles. The van der Waals surface area contributed by atoms with Gasteiger partial charge in [-0.05, 0) is 18.9 Å². The topological polar surface area (TPSA) is 67.8 Å². The number of rotatable bonds is 6. The molecule has 1 saturated heterocycles. The van der Waals surface area contributed by atoms with Crippen LogP contribution in [0.2, 0.25) is 0 Å². The molecule has 2 N–H and O–H groups in total. The molecule has 1 aliphatic rings. The highest BCUT2D eigenvalue weighted by molar-refractivity contribution is 14.0. The van der Waals surface area contributed by atoms with E-state index in [1.807, 2.05) is 0 Å². The molecule has 2 rings (SSSR count). The van der Waals surface area contributed by atoms with Crippen molar-refractivity contribution in [3.05, 3.63) is 23.9 Å². The lowest BCUT2D eigenvalue weighted by Crippen LogP contribution is -2.40. The van der Waals surface area contributed by atoms with Crippen LogP contribution in [0.4, 0.5) is 13.2 Å². The van der Waals surface area contributed by atoms with Gasteiger partial charge >= 0.3 is 6.18 Å². The van der Waals surface area contributed by atoms with Crippen LogP contribution in [-0.4, -0.2) is 50.0 Å². The van der Waals surface area contributed by atoms with Gasteiger partial charge < -0.3 is 20.1 Å². The van der Waals surface area contributed by atoms with Crippen molar-refractivity contribution in [2.45, 2.75) is 31.7 Å². The molecule has 0 saturated carbocycles. The average Bonchev–Trinajstić information content (AvgIpc) is 3.06. The SMILES string of the molecule is CN=C(NCc1cccnc1OCC(F)(F)F)NCC1CCCO1.I.